The van der Waals surface area contributed by atoms with Crippen LogP contribution in [0.1, 0.15) is 32.8 Å². The van der Waals surface area contributed by atoms with Crippen LogP contribution in [-0.4, -0.2) is 37.2 Å². The van der Waals surface area contributed by atoms with Gasteiger partial charge in [-0.05, 0) is 82.6 Å². The lowest BCUT2D eigenvalue weighted by molar-refractivity contribution is 0.0525. The molecule has 1 aromatic heterocycles. The fraction of sp³-hybridized carbons (Fsp3) is 0.242. The van der Waals surface area contributed by atoms with E-state index in [-0.39, 0.29) is 11.5 Å². The number of para-hydroxylation sites is 1. The van der Waals surface area contributed by atoms with Crippen LogP contribution in [0.5, 0.6) is 5.75 Å². The average Bonchev–Trinajstić information content (AvgIpc) is 3.27. The number of carbonyl (C=O) groups is 1. The van der Waals surface area contributed by atoms with Crippen molar-refractivity contribution < 1.29 is 22.7 Å². The summed E-state index contributed by atoms with van der Waals surface area (Å²) in [6.07, 6.45) is -0.0430. The first-order valence-electron chi connectivity index (χ1n) is 13.9. The number of ether oxygens (including phenoxy) is 2. The zero-order valence-electron chi connectivity index (χ0n) is 24.5. The van der Waals surface area contributed by atoms with E-state index in [0.717, 1.165) is 11.3 Å². The van der Waals surface area contributed by atoms with E-state index in [4.69, 9.17) is 21.1 Å². The number of fused-ring (bicyclic) bond motifs is 3. The smallest absolute Gasteiger partial charge is 0.407 e. The Morgan fingerprint density at radius 3 is 2.33 bits per heavy atom. The molecule has 0 aliphatic carbocycles. The Kier molecular flexibility index (Phi) is 8.57. The van der Waals surface area contributed by atoms with Gasteiger partial charge in [-0.25, -0.2) is 17.2 Å². The molecule has 1 heterocycles. The van der Waals surface area contributed by atoms with Gasteiger partial charge in [0.15, 0.2) is 0 Å². The number of aromatic nitrogens is 1. The summed E-state index contributed by atoms with van der Waals surface area (Å²) in [7, 11) is -4.04. The molecule has 43 heavy (non-hydrogen) atoms. The molecule has 0 spiro atoms. The minimum Gasteiger partial charge on any atom is -0.491 e. The number of nitrogens with one attached hydrogen (secondary N) is 2. The SMILES string of the molecule is Cc1ccc(S(=O)(=O)n2c3ccc(Cl)cc3c3cc(Nc4ccccc4)cc(OCCCNC(=O)OC(C)(C)C)c32)cc1. The summed E-state index contributed by atoms with van der Waals surface area (Å²) in [5, 5.41) is 7.94. The standard InChI is InChI=1S/C33H34ClN3O5S/c1-22-11-14-26(15-12-22)43(39,40)37-29-16-13-23(34)19-27(29)28-20-25(36-24-9-6-5-7-10-24)21-30(31(28)37)41-18-8-17-35-32(38)42-33(2,3)4/h5-7,9-16,19-21,36H,8,17-18H2,1-4H3,(H,35,38). The molecule has 2 N–H and O–H groups in total. The van der Waals surface area contributed by atoms with Crippen molar-refractivity contribution in [2.75, 3.05) is 18.5 Å². The van der Waals surface area contributed by atoms with Crippen LogP contribution >= 0.6 is 11.6 Å². The molecule has 0 atom stereocenters. The second-order valence-electron chi connectivity index (χ2n) is 11.2. The van der Waals surface area contributed by atoms with E-state index in [0.29, 0.717) is 51.2 Å². The molecule has 1 amide bonds. The molecular weight excluding hydrogens is 586 g/mol. The molecule has 5 aromatic rings. The van der Waals surface area contributed by atoms with Crippen molar-refractivity contribution in [3.8, 4) is 5.75 Å². The van der Waals surface area contributed by atoms with E-state index >= 15 is 0 Å². The van der Waals surface area contributed by atoms with Crippen LogP contribution in [0.4, 0.5) is 16.2 Å². The number of carbonyl (C=O) groups excluding carboxylic acids is 1. The Morgan fingerprint density at radius 2 is 1.63 bits per heavy atom. The van der Waals surface area contributed by atoms with Crippen molar-refractivity contribution in [2.45, 2.75) is 44.6 Å². The predicted molar refractivity (Wildman–Crippen MR) is 172 cm³/mol. The molecule has 0 saturated heterocycles. The number of hydrogen-bond donors (Lipinski definition) is 2. The quantitative estimate of drug-likeness (QED) is 0.162. The van der Waals surface area contributed by atoms with Crippen molar-refractivity contribution in [1.29, 1.82) is 0 Å². The number of halogens is 1. The average molecular weight is 620 g/mol. The van der Waals surface area contributed by atoms with Crippen molar-refractivity contribution in [3.05, 3.63) is 95.5 Å². The Labute approximate surface area is 256 Å². The summed E-state index contributed by atoms with van der Waals surface area (Å²) < 4.78 is 41.3. The van der Waals surface area contributed by atoms with Gasteiger partial charge in [0.1, 0.15) is 16.9 Å². The number of rotatable bonds is 9. The first-order valence-corrected chi connectivity index (χ1v) is 15.8. The molecule has 0 saturated carbocycles. The van der Waals surface area contributed by atoms with E-state index in [9.17, 15) is 13.2 Å². The van der Waals surface area contributed by atoms with Gasteiger partial charge >= 0.3 is 6.09 Å². The van der Waals surface area contributed by atoms with Crippen LogP contribution in [-0.2, 0) is 14.8 Å². The van der Waals surface area contributed by atoms with Gasteiger partial charge in [0, 0.05) is 39.8 Å². The molecular formula is C33H34ClN3O5S. The third-order valence-corrected chi connectivity index (χ3v) is 8.58. The summed E-state index contributed by atoms with van der Waals surface area (Å²) in [4.78, 5) is 12.2. The number of alkyl carbamates (subject to hydrolysis) is 1. The number of hydrogen-bond acceptors (Lipinski definition) is 6. The van der Waals surface area contributed by atoms with Crippen LogP contribution in [0.15, 0.2) is 89.8 Å². The maximum absolute atomic E-state index is 14.2. The van der Waals surface area contributed by atoms with Crippen LogP contribution in [0.3, 0.4) is 0 Å². The molecule has 5 rings (SSSR count). The van der Waals surface area contributed by atoms with Gasteiger partial charge in [-0.15, -0.1) is 0 Å². The van der Waals surface area contributed by atoms with E-state index in [1.807, 2.05) is 43.3 Å². The third kappa shape index (κ3) is 6.89. The largest absolute Gasteiger partial charge is 0.491 e. The number of amides is 1. The van der Waals surface area contributed by atoms with Gasteiger partial charge in [0.2, 0.25) is 0 Å². The Hall–Kier alpha value is -4.21. The molecule has 4 aromatic carbocycles. The Morgan fingerprint density at radius 1 is 0.907 bits per heavy atom. The molecule has 224 valence electrons. The normalized spacial score (nSPS) is 11.9. The zero-order chi connectivity index (χ0) is 30.8. The van der Waals surface area contributed by atoms with E-state index in [1.54, 1.807) is 69.3 Å². The first-order chi connectivity index (χ1) is 20.4. The molecule has 10 heteroatoms. The highest BCUT2D eigenvalue weighted by molar-refractivity contribution is 7.90. The zero-order valence-corrected chi connectivity index (χ0v) is 26.1. The third-order valence-electron chi connectivity index (χ3n) is 6.61. The van der Waals surface area contributed by atoms with Crippen molar-refractivity contribution in [2.24, 2.45) is 0 Å². The molecule has 0 aliphatic rings. The lowest BCUT2D eigenvalue weighted by Crippen LogP contribution is -2.33. The second-order valence-corrected chi connectivity index (χ2v) is 13.5. The molecule has 0 radical (unpaired) electrons. The molecule has 0 unspecified atom stereocenters. The first kappa shape index (κ1) is 30.3. The maximum atomic E-state index is 14.2. The van der Waals surface area contributed by atoms with Gasteiger partial charge in [0.05, 0.1) is 17.0 Å². The number of anilines is 2. The molecule has 8 nitrogen and oxygen atoms in total. The Balaban J connectivity index is 1.59. The fourth-order valence-electron chi connectivity index (χ4n) is 4.74. The predicted octanol–water partition coefficient (Wildman–Crippen LogP) is 8.03. The van der Waals surface area contributed by atoms with Gasteiger partial charge in [-0.3, -0.25) is 0 Å². The minimum absolute atomic E-state index is 0.158. The second kappa shape index (κ2) is 12.2. The monoisotopic (exact) mass is 619 g/mol. The number of benzene rings is 4. The topological polar surface area (TPSA) is 98.7 Å². The summed E-state index contributed by atoms with van der Waals surface area (Å²) in [6.45, 7) is 7.84. The summed E-state index contributed by atoms with van der Waals surface area (Å²) >= 11 is 6.42. The summed E-state index contributed by atoms with van der Waals surface area (Å²) in [6, 6.07) is 25.3. The van der Waals surface area contributed by atoms with Crippen LogP contribution in [0.2, 0.25) is 5.02 Å². The highest BCUT2D eigenvalue weighted by Crippen LogP contribution is 2.41. The number of aryl methyl sites for hydroxylation is 1. The van der Waals surface area contributed by atoms with E-state index < -0.39 is 21.7 Å². The highest BCUT2D eigenvalue weighted by Gasteiger charge is 2.26. The van der Waals surface area contributed by atoms with Gasteiger partial charge in [0.25, 0.3) is 10.0 Å². The Bertz CT molecular complexity index is 1880. The van der Waals surface area contributed by atoms with Crippen LogP contribution in [0, 0.1) is 6.92 Å². The lowest BCUT2D eigenvalue weighted by atomic mass is 10.1. The summed E-state index contributed by atoms with van der Waals surface area (Å²) in [5.74, 6) is 0.371. The van der Waals surface area contributed by atoms with Gasteiger partial charge < -0.3 is 20.1 Å². The molecule has 0 aliphatic heterocycles. The maximum Gasteiger partial charge on any atom is 0.407 e. The fourth-order valence-corrected chi connectivity index (χ4v) is 6.45. The van der Waals surface area contributed by atoms with Crippen LogP contribution in [0.25, 0.3) is 21.8 Å². The molecule has 0 bridgehead atoms. The number of nitrogens with zero attached hydrogens (tertiary/aromatic N) is 1. The molecule has 0 fully saturated rings. The van der Waals surface area contributed by atoms with Gasteiger partial charge in [-0.2, -0.15) is 0 Å². The van der Waals surface area contributed by atoms with Crippen LogP contribution < -0.4 is 15.4 Å². The van der Waals surface area contributed by atoms with Crippen molar-refractivity contribution in [1.82, 2.24) is 9.29 Å². The van der Waals surface area contributed by atoms with E-state index in [1.165, 1.54) is 3.97 Å². The minimum atomic E-state index is -4.04. The van der Waals surface area contributed by atoms with Crippen molar-refractivity contribution in [3.63, 3.8) is 0 Å². The summed E-state index contributed by atoms with van der Waals surface area (Å²) in [5.41, 5.74) is 2.81. The lowest BCUT2D eigenvalue weighted by Gasteiger charge is -2.19. The van der Waals surface area contributed by atoms with Gasteiger partial charge in [-0.1, -0.05) is 47.5 Å². The van der Waals surface area contributed by atoms with Crippen molar-refractivity contribution >= 4 is 60.9 Å². The highest BCUT2D eigenvalue weighted by atomic mass is 35.5. The van der Waals surface area contributed by atoms with E-state index in [2.05, 4.69) is 10.6 Å².